The van der Waals surface area contributed by atoms with Gasteiger partial charge in [-0.1, -0.05) is 30.3 Å². The molecule has 0 spiro atoms. The highest BCUT2D eigenvalue weighted by molar-refractivity contribution is 5.81. The zero-order valence-electron chi connectivity index (χ0n) is 17.4. The van der Waals surface area contributed by atoms with Gasteiger partial charge >= 0.3 is 0 Å². The number of carbonyl (C=O) groups is 1. The van der Waals surface area contributed by atoms with Gasteiger partial charge in [-0.15, -0.1) is 0 Å². The van der Waals surface area contributed by atoms with Crippen LogP contribution in [-0.2, 0) is 4.79 Å². The maximum Gasteiger partial charge on any atom is 0.276 e. The third-order valence-corrected chi connectivity index (χ3v) is 5.07. The summed E-state index contributed by atoms with van der Waals surface area (Å²) in [4.78, 5) is 24.5. The lowest BCUT2D eigenvalue weighted by molar-refractivity contribution is -0.122. The van der Waals surface area contributed by atoms with Crippen LogP contribution in [0.25, 0.3) is 0 Å². The van der Waals surface area contributed by atoms with E-state index in [1.54, 1.807) is 24.3 Å². The summed E-state index contributed by atoms with van der Waals surface area (Å²) in [5.41, 5.74) is 12.4. The van der Waals surface area contributed by atoms with Crippen molar-refractivity contribution in [2.75, 3.05) is 53.7 Å². The Hall–Kier alpha value is -4.08. The van der Waals surface area contributed by atoms with Crippen LogP contribution in [-0.4, -0.2) is 48.7 Å². The zero-order chi connectivity index (χ0) is 22.3. The lowest BCUT2D eigenvalue weighted by Gasteiger charge is -2.37. The molecule has 1 aliphatic rings. The lowest BCUT2D eigenvalue weighted by atomic mass is 10.2. The molecular formula is C22H24FN7O2. The summed E-state index contributed by atoms with van der Waals surface area (Å²) in [6, 6.07) is 15.8. The second-order valence-corrected chi connectivity index (χ2v) is 7.16. The van der Waals surface area contributed by atoms with Gasteiger partial charge in [-0.05, 0) is 24.3 Å². The van der Waals surface area contributed by atoms with Crippen LogP contribution in [0.1, 0.15) is 0 Å². The molecule has 4 N–H and O–H groups in total. The third kappa shape index (κ3) is 4.97. The second-order valence-electron chi connectivity index (χ2n) is 7.16. The Morgan fingerprint density at radius 2 is 1.69 bits per heavy atom. The first-order chi connectivity index (χ1) is 15.6. The first kappa shape index (κ1) is 21.2. The number of nitrogens with one attached hydrogen (secondary N) is 2. The molecule has 1 amide bonds. The Balaban J connectivity index is 1.32. The van der Waals surface area contributed by atoms with E-state index in [2.05, 4.69) is 20.8 Å². The van der Waals surface area contributed by atoms with E-state index >= 15 is 0 Å². The molecule has 1 saturated heterocycles. The molecule has 1 aliphatic heterocycles. The average Bonchev–Trinajstić information content (AvgIpc) is 2.83. The number of anilines is 4. The minimum Gasteiger partial charge on any atom is -0.484 e. The summed E-state index contributed by atoms with van der Waals surface area (Å²) >= 11 is 0. The molecule has 4 rings (SSSR count). The highest BCUT2D eigenvalue weighted by Crippen LogP contribution is 2.28. The van der Waals surface area contributed by atoms with E-state index in [1.807, 2.05) is 34.1 Å². The number of benzene rings is 2. The molecule has 0 aliphatic carbocycles. The van der Waals surface area contributed by atoms with Crippen molar-refractivity contribution in [2.45, 2.75) is 0 Å². The van der Waals surface area contributed by atoms with Crippen molar-refractivity contribution in [3.63, 3.8) is 0 Å². The van der Waals surface area contributed by atoms with Crippen molar-refractivity contribution >= 4 is 28.9 Å². The molecule has 166 valence electrons. The monoisotopic (exact) mass is 437 g/mol. The molecule has 1 fully saturated rings. The Bertz CT molecular complexity index is 1060. The molecule has 0 bridgehead atoms. The van der Waals surface area contributed by atoms with Crippen LogP contribution in [0.3, 0.4) is 0 Å². The van der Waals surface area contributed by atoms with Crippen molar-refractivity contribution in [3.8, 4) is 5.75 Å². The number of nitrogens with two attached hydrogens (primary N) is 1. The fraction of sp³-hybridized carbons (Fsp3) is 0.227. The first-order valence-corrected chi connectivity index (χ1v) is 10.2. The fourth-order valence-corrected chi connectivity index (χ4v) is 3.44. The SMILES string of the molecule is Nc1c(NNC(=O)COc2ccccc2)ncnc1N1CCN(c2ccccc2F)CC1. The van der Waals surface area contributed by atoms with Crippen LogP contribution in [0.15, 0.2) is 60.9 Å². The topological polar surface area (TPSA) is 109 Å². The number of para-hydroxylation sites is 2. The smallest absolute Gasteiger partial charge is 0.276 e. The summed E-state index contributed by atoms with van der Waals surface area (Å²) in [5, 5.41) is 0. The number of ether oxygens (including phenoxy) is 1. The van der Waals surface area contributed by atoms with E-state index in [4.69, 9.17) is 10.5 Å². The summed E-state index contributed by atoms with van der Waals surface area (Å²) in [5.74, 6) is 0.832. The Labute approximate surface area is 185 Å². The molecule has 2 heterocycles. The van der Waals surface area contributed by atoms with E-state index in [0.717, 1.165) is 0 Å². The average molecular weight is 437 g/mol. The second kappa shape index (κ2) is 9.82. The number of nitrogens with zero attached hydrogens (tertiary/aromatic N) is 4. The quantitative estimate of drug-likeness (QED) is 0.482. The Morgan fingerprint density at radius 1 is 1.00 bits per heavy atom. The van der Waals surface area contributed by atoms with Crippen LogP contribution < -0.4 is 31.1 Å². The van der Waals surface area contributed by atoms with Gasteiger partial charge in [0, 0.05) is 26.2 Å². The van der Waals surface area contributed by atoms with Crippen molar-refractivity contribution in [1.82, 2.24) is 15.4 Å². The fourth-order valence-electron chi connectivity index (χ4n) is 3.44. The van der Waals surface area contributed by atoms with Crippen LogP contribution in [0, 0.1) is 5.82 Å². The third-order valence-electron chi connectivity index (χ3n) is 5.07. The van der Waals surface area contributed by atoms with Gasteiger partial charge in [0.25, 0.3) is 5.91 Å². The predicted molar refractivity (Wildman–Crippen MR) is 121 cm³/mol. The standard InChI is InChI=1S/C22H24FN7O2/c23-17-8-4-5-9-18(17)29-10-12-30(13-11-29)22-20(24)21(25-15-26-22)28-27-19(31)14-32-16-6-2-1-3-7-16/h1-9,15H,10-14,24H2,(H,27,31)(H,25,26,28). The van der Waals surface area contributed by atoms with Gasteiger partial charge in [0.15, 0.2) is 18.2 Å². The van der Waals surface area contributed by atoms with Gasteiger partial charge in [0.1, 0.15) is 23.6 Å². The van der Waals surface area contributed by atoms with Crippen LogP contribution in [0.5, 0.6) is 5.75 Å². The zero-order valence-corrected chi connectivity index (χ0v) is 17.4. The number of nitrogen functional groups attached to an aromatic ring is 1. The van der Waals surface area contributed by atoms with E-state index < -0.39 is 0 Å². The lowest BCUT2D eigenvalue weighted by Crippen LogP contribution is -2.47. The normalized spacial score (nSPS) is 13.5. The van der Waals surface area contributed by atoms with E-state index in [9.17, 15) is 9.18 Å². The molecule has 9 nitrogen and oxygen atoms in total. The number of hydrogen-bond donors (Lipinski definition) is 3. The minimum atomic E-state index is -0.382. The van der Waals surface area contributed by atoms with Crippen molar-refractivity contribution in [1.29, 1.82) is 0 Å². The Kier molecular flexibility index (Phi) is 6.49. The molecule has 32 heavy (non-hydrogen) atoms. The molecule has 2 aromatic carbocycles. The van der Waals surface area contributed by atoms with Gasteiger partial charge in [-0.25, -0.2) is 14.4 Å². The maximum absolute atomic E-state index is 14.1. The van der Waals surface area contributed by atoms with Crippen LogP contribution in [0.2, 0.25) is 0 Å². The highest BCUT2D eigenvalue weighted by atomic mass is 19.1. The van der Waals surface area contributed by atoms with Gasteiger partial charge in [-0.3, -0.25) is 15.6 Å². The predicted octanol–water partition coefficient (Wildman–Crippen LogP) is 2.05. The number of aromatic nitrogens is 2. The summed E-state index contributed by atoms with van der Waals surface area (Å²) < 4.78 is 19.5. The number of halogens is 1. The number of rotatable bonds is 7. The molecule has 1 aromatic heterocycles. The van der Waals surface area contributed by atoms with Crippen molar-refractivity contribution < 1.29 is 13.9 Å². The molecule has 3 aromatic rings. The Morgan fingerprint density at radius 3 is 2.44 bits per heavy atom. The molecule has 0 atom stereocenters. The first-order valence-electron chi connectivity index (χ1n) is 10.2. The number of carbonyl (C=O) groups excluding carboxylic acids is 1. The molecular weight excluding hydrogens is 413 g/mol. The van der Waals surface area contributed by atoms with Crippen molar-refractivity contribution in [2.24, 2.45) is 0 Å². The van der Waals surface area contributed by atoms with E-state index in [-0.39, 0.29) is 18.3 Å². The van der Waals surface area contributed by atoms with Gasteiger partial charge < -0.3 is 20.3 Å². The molecule has 0 radical (unpaired) electrons. The largest absolute Gasteiger partial charge is 0.484 e. The maximum atomic E-state index is 14.1. The minimum absolute atomic E-state index is 0.160. The van der Waals surface area contributed by atoms with Gasteiger partial charge in [0.2, 0.25) is 0 Å². The van der Waals surface area contributed by atoms with E-state index in [1.165, 1.54) is 12.4 Å². The molecule has 0 saturated carbocycles. The highest BCUT2D eigenvalue weighted by Gasteiger charge is 2.23. The van der Waals surface area contributed by atoms with Gasteiger partial charge in [-0.2, -0.15) is 0 Å². The molecule has 10 heteroatoms. The number of amides is 1. The van der Waals surface area contributed by atoms with Crippen LogP contribution in [0.4, 0.5) is 27.4 Å². The summed E-state index contributed by atoms with van der Waals surface area (Å²) in [6.45, 7) is 2.33. The van der Waals surface area contributed by atoms with Gasteiger partial charge in [0.05, 0.1) is 5.69 Å². The van der Waals surface area contributed by atoms with Crippen LogP contribution >= 0.6 is 0 Å². The number of hydrazine groups is 1. The molecule has 0 unspecified atom stereocenters. The van der Waals surface area contributed by atoms with Crippen molar-refractivity contribution in [3.05, 3.63) is 66.7 Å². The summed E-state index contributed by atoms with van der Waals surface area (Å²) in [7, 11) is 0. The number of hydrogen-bond acceptors (Lipinski definition) is 8. The van der Waals surface area contributed by atoms with E-state index in [0.29, 0.717) is 54.9 Å². The number of piperazine rings is 1. The summed E-state index contributed by atoms with van der Waals surface area (Å²) in [6.07, 6.45) is 1.38.